The monoisotopic (exact) mass is 247 g/mol. The summed E-state index contributed by atoms with van der Waals surface area (Å²) in [7, 11) is 0. The number of benzene rings is 1. The highest BCUT2D eigenvalue weighted by molar-refractivity contribution is 5.99. The maximum atomic E-state index is 12.0. The van der Waals surface area contributed by atoms with Crippen LogP contribution in [0.3, 0.4) is 0 Å². The fourth-order valence-corrected chi connectivity index (χ4v) is 2.30. The minimum atomic E-state index is -0.0737. The first-order valence-corrected chi connectivity index (χ1v) is 6.53. The van der Waals surface area contributed by atoms with E-state index in [-0.39, 0.29) is 5.91 Å². The molecule has 1 heterocycles. The van der Waals surface area contributed by atoms with E-state index in [0.29, 0.717) is 17.8 Å². The lowest BCUT2D eigenvalue weighted by atomic mass is 10.1. The van der Waals surface area contributed by atoms with Crippen LogP contribution < -0.4 is 11.1 Å². The number of nitrogens with two attached hydrogens (primary N) is 1. The number of nitrogens with one attached hydrogen (secondary N) is 1. The Bertz CT molecular complexity index is 425. The molecule has 0 unspecified atom stereocenters. The van der Waals surface area contributed by atoms with Gasteiger partial charge in [-0.05, 0) is 45.0 Å². The Kier molecular flexibility index (Phi) is 4.20. The number of nitrogen functional groups attached to an aromatic ring is 1. The topological polar surface area (TPSA) is 58.4 Å². The Morgan fingerprint density at radius 2 is 2.11 bits per heavy atom. The first-order valence-electron chi connectivity index (χ1n) is 6.53. The number of carbonyl (C=O) groups is 1. The normalized spacial score (nSPS) is 15.8. The van der Waals surface area contributed by atoms with Gasteiger partial charge in [0.1, 0.15) is 0 Å². The van der Waals surface area contributed by atoms with Gasteiger partial charge in [0.2, 0.25) is 0 Å². The summed E-state index contributed by atoms with van der Waals surface area (Å²) in [5, 5.41) is 2.93. The summed E-state index contributed by atoms with van der Waals surface area (Å²) in [4.78, 5) is 14.4. The van der Waals surface area contributed by atoms with Crippen LogP contribution in [0.1, 0.15) is 28.8 Å². The molecule has 0 bridgehead atoms. The molecule has 0 radical (unpaired) electrons. The molecular weight excluding hydrogens is 226 g/mol. The van der Waals surface area contributed by atoms with E-state index in [1.165, 1.54) is 12.8 Å². The van der Waals surface area contributed by atoms with Crippen molar-refractivity contribution in [3.63, 3.8) is 0 Å². The minimum absolute atomic E-state index is 0.0737. The number of rotatable bonds is 4. The summed E-state index contributed by atoms with van der Waals surface area (Å²) in [5.74, 6) is -0.0737. The summed E-state index contributed by atoms with van der Waals surface area (Å²) in [5.41, 5.74) is 7.98. The third-order valence-electron chi connectivity index (χ3n) is 3.37. The zero-order chi connectivity index (χ0) is 13.0. The maximum absolute atomic E-state index is 12.0. The molecular formula is C14H21N3O. The van der Waals surface area contributed by atoms with Crippen LogP contribution in [0.15, 0.2) is 18.2 Å². The summed E-state index contributed by atoms with van der Waals surface area (Å²) < 4.78 is 0. The van der Waals surface area contributed by atoms with Crippen molar-refractivity contribution >= 4 is 11.6 Å². The molecule has 0 aliphatic carbocycles. The molecule has 1 saturated heterocycles. The molecule has 0 atom stereocenters. The SMILES string of the molecule is Cc1ccc(N)c(C(=O)NCCN2CCCC2)c1. The molecule has 2 rings (SSSR count). The van der Waals surface area contributed by atoms with E-state index in [2.05, 4.69) is 10.2 Å². The highest BCUT2D eigenvalue weighted by atomic mass is 16.1. The van der Waals surface area contributed by atoms with Gasteiger partial charge < -0.3 is 16.0 Å². The smallest absolute Gasteiger partial charge is 0.253 e. The number of carbonyl (C=O) groups excluding carboxylic acids is 1. The number of anilines is 1. The molecule has 1 aliphatic rings. The van der Waals surface area contributed by atoms with Crippen LogP contribution in [0, 0.1) is 6.92 Å². The first kappa shape index (κ1) is 12.9. The second-order valence-corrected chi connectivity index (χ2v) is 4.90. The fourth-order valence-electron chi connectivity index (χ4n) is 2.30. The summed E-state index contributed by atoms with van der Waals surface area (Å²) in [6.45, 7) is 5.88. The van der Waals surface area contributed by atoms with Gasteiger partial charge in [-0.3, -0.25) is 4.79 Å². The average molecular weight is 247 g/mol. The zero-order valence-electron chi connectivity index (χ0n) is 10.9. The highest BCUT2D eigenvalue weighted by Crippen LogP contribution is 2.13. The Hall–Kier alpha value is -1.55. The highest BCUT2D eigenvalue weighted by Gasteiger charge is 2.12. The van der Waals surface area contributed by atoms with Crippen molar-refractivity contribution in [2.24, 2.45) is 0 Å². The standard InChI is InChI=1S/C14H21N3O/c1-11-4-5-13(15)12(10-11)14(18)16-6-9-17-7-2-3-8-17/h4-5,10H,2-3,6-9,15H2,1H3,(H,16,18). The zero-order valence-corrected chi connectivity index (χ0v) is 10.9. The fraction of sp³-hybridized carbons (Fsp3) is 0.500. The number of hydrogen-bond acceptors (Lipinski definition) is 3. The van der Waals surface area contributed by atoms with Gasteiger partial charge in [-0.25, -0.2) is 0 Å². The van der Waals surface area contributed by atoms with Gasteiger partial charge in [0.05, 0.1) is 5.56 Å². The van der Waals surface area contributed by atoms with Gasteiger partial charge >= 0.3 is 0 Å². The predicted molar refractivity (Wildman–Crippen MR) is 73.6 cm³/mol. The predicted octanol–water partition coefficient (Wildman–Crippen LogP) is 1.40. The summed E-state index contributed by atoms with van der Waals surface area (Å²) >= 11 is 0. The van der Waals surface area contributed by atoms with Crippen molar-refractivity contribution < 1.29 is 4.79 Å². The van der Waals surface area contributed by atoms with Crippen molar-refractivity contribution in [3.05, 3.63) is 29.3 Å². The second kappa shape index (κ2) is 5.87. The lowest BCUT2D eigenvalue weighted by molar-refractivity contribution is 0.0950. The molecule has 1 amide bonds. The van der Waals surface area contributed by atoms with Crippen molar-refractivity contribution in [2.75, 3.05) is 31.9 Å². The minimum Gasteiger partial charge on any atom is -0.398 e. The lowest BCUT2D eigenvalue weighted by Crippen LogP contribution is -2.33. The molecule has 4 nitrogen and oxygen atoms in total. The Balaban J connectivity index is 1.85. The molecule has 0 saturated carbocycles. The van der Waals surface area contributed by atoms with Crippen LogP contribution >= 0.6 is 0 Å². The van der Waals surface area contributed by atoms with Crippen molar-refractivity contribution in [2.45, 2.75) is 19.8 Å². The molecule has 0 spiro atoms. The quantitative estimate of drug-likeness (QED) is 0.791. The van der Waals surface area contributed by atoms with E-state index in [1.807, 2.05) is 19.1 Å². The molecule has 0 aromatic heterocycles. The van der Waals surface area contributed by atoms with Crippen molar-refractivity contribution in [1.82, 2.24) is 10.2 Å². The van der Waals surface area contributed by atoms with Gasteiger partial charge in [0.15, 0.2) is 0 Å². The maximum Gasteiger partial charge on any atom is 0.253 e. The second-order valence-electron chi connectivity index (χ2n) is 4.90. The van der Waals surface area contributed by atoms with Crippen LogP contribution in [0.5, 0.6) is 0 Å². The van der Waals surface area contributed by atoms with E-state index in [0.717, 1.165) is 25.2 Å². The van der Waals surface area contributed by atoms with E-state index >= 15 is 0 Å². The molecule has 1 aliphatic heterocycles. The van der Waals surface area contributed by atoms with Crippen LogP contribution in [0.4, 0.5) is 5.69 Å². The van der Waals surface area contributed by atoms with E-state index in [9.17, 15) is 4.79 Å². The van der Waals surface area contributed by atoms with Crippen molar-refractivity contribution in [1.29, 1.82) is 0 Å². The van der Waals surface area contributed by atoms with Crippen LogP contribution in [-0.4, -0.2) is 37.0 Å². The molecule has 1 aromatic rings. The number of nitrogens with zero attached hydrogens (tertiary/aromatic N) is 1. The van der Waals surface area contributed by atoms with Gasteiger partial charge in [-0.2, -0.15) is 0 Å². The lowest BCUT2D eigenvalue weighted by Gasteiger charge is -2.15. The molecule has 98 valence electrons. The number of amides is 1. The largest absolute Gasteiger partial charge is 0.398 e. The van der Waals surface area contributed by atoms with Gasteiger partial charge in [-0.1, -0.05) is 11.6 Å². The van der Waals surface area contributed by atoms with Crippen molar-refractivity contribution in [3.8, 4) is 0 Å². The summed E-state index contributed by atoms with van der Waals surface area (Å²) in [6.07, 6.45) is 2.55. The van der Waals surface area contributed by atoms with Crippen LogP contribution in [0.25, 0.3) is 0 Å². The van der Waals surface area contributed by atoms with E-state index in [1.54, 1.807) is 6.07 Å². The van der Waals surface area contributed by atoms with E-state index in [4.69, 9.17) is 5.73 Å². The molecule has 18 heavy (non-hydrogen) atoms. The molecule has 1 aromatic carbocycles. The van der Waals surface area contributed by atoms with E-state index < -0.39 is 0 Å². The number of hydrogen-bond donors (Lipinski definition) is 2. The Labute approximate surface area is 108 Å². The molecule has 1 fully saturated rings. The van der Waals surface area contributed by atoms with Gasteiger partial charge in [0, 0.05) is 18.8 Å². The first-order chi connectivity index (χ1) is 8.66. The summed E-state index contributed by atoms with van der Waals surface area (Å²) in [6, 6.07) is 5.53. The Morgan fingerprint density at radius 3 is 2.83 bits per heavy atom. The molecule has 3 N–H and O–H groups in total. The number of likely N-dealkylation sites (tertiary alicyclic amines) is 1. The van der Waals surface area contributed by atoms with Gasteiger partial charge in [0.25, 0.3) is 5.91 Å². The van der Waals surface area contributed by atoms with Gasteiger partial charge in [-0.15, -0.1) is 0 Å². The third-order valence-corrected chi connectivity index (χ3v) is 3.37. The molecule has 4 heteroatoms. The average Bonchev–Trinajstić information content (AvgIpc) is 2.85. The number of aryl methyl sites for hydroxylation is 1. The van der Waals surface area contributed by atoms with Crippen LogP contribution in [-0.2, 0) is 0 Å². The third kappa shape index (κ3) is 3.23. The Morgan fingerprint density at radius 1 is 1.39 bits per heavy atom. The van der Waals surface area contributed by atoms with Crippen LogP contribution in [0.2, 0.25) is 0 Å².